The van der Waals surface area contributed by atoms with Gasteiger partial charge in [-0.15, -0.1) is 11.3 Å². The second-order valence-corrected chi connectivity index (χ2v) is 8.36. The molecule has 0 aromatic carbocycles. The van der Waals surface area contributed by atoms with Gasteiger partial charge in [0.05, 0.1) is 15.0 Å². The number of hydrogen-bond acceptors (Lipinski definition) is 4. The number of nitrogens with one attached hydrogen (secondary N) is 1. The van der Waals surface area contributed by atoms with Gasteiger partial charge in [-0.1, -0.05) is 0 Å². The number of thiophene rings is 1. The Kier molecular flexibility index (Phi) is 3.47. The first-order chi connectivity index (χ1) is 10.2. The summed E-state index contributed by atoms with van der Waals surface area (Å²) < 4.78 is 1.16. The highest BCUT2D eigenvalue weighted by molar-refractivity contribution is 9.11. The van der Waals surface area contributed by atoms with Gasteiger partial charge in [0.15, 0.2) is 0 Å². The van der Waals surface area contributed by atoms with E-state index in [-0.39, 0.29) is 5.56 Å². The first-order valence-electron chi connectivity index (χ1n) is 7.27. The van der Waals surface area contributed by atoms with Crippen molar-refractivity contribution in [2.75, 3.05) is 6.54 Å². The maximum Gasteiger partial charge on any atom is 0.255 e. The monoisotopic (exact) mass is 365 g/mol. The molecule has 3 heterocycles. The Labute approximate surface area is 135 Å². The Morgan fingerprint density at radius 2 is 2.29 bits per heavy atom. The number of aromatic amines is 1. The molecule has 0 bridgehead atoms. The first-order valence-corrected chi connectivity index (χ1v) is 8.88. The van der Waals surface area contributed by atoms with E-state index in [1.54, 1.807) is 11.3 Å². The zero-order valence-electron chi connectivity index (χ0n) is 11.6. The van der Waals surface area contributed by atoms with Gasteiger partial charge in [-0.25, -0.2) is 4.98 Å². The molecular weight excluding hydrogens is 350 g/mol. The summed E-state index contributed by atoms with van der Waals surface area (Å²) in [7, 11) is 0. The van der Waals surface area contributed by atoms with Crippen molar-refractivity contribution < 1.29 is 0 Å². The fourth-order valence-electron chi connectivity index (χ4n) is 2.84. The molecule has 0 atom stereocenters. The van der Waals surface area contributed by atoms with Gasteiger partial charge in [0.25, 0.3) is 5.56 Å². The van der Waals surface area contributed by atoms with E-state index >= 15 is 0 Å². The quantitative estimate of drug-likeness (QED) is 0.909. The molecule has 4 nitrogen and oxygen atoms in total. The van der Waals surface area contributed by atoms with Crippen LogP contribution in [0.5, 0.6) is 0 Å². The molecule has 2 aromatic rings. The SMILES string of the molecule is O=c1[nH]c(C2CC2)nc2c1CN(Cc1ccc(Br)s1)CC2. The molecule has 2 aromatic heterocycles. The molecule has 1 aliphatic heterocycles. The zero-order chi connectivity index (χ0) is 14.4. The van der Waals surface area contributed by atoms with Crippen molar-refractivity contribution in [2.45, 2.75) is 38.3 Å². The van der Waals surface area contributed by atoms with Crippen molar-refractivity contribution in [3.63, 3.8) is 0 Å². The first kappa shape index (κ1) is 13.7. The number of hydrogen-bond donors (Lipinski definition) is 1. The minimum Gasteiger partial charge on any atom is -0.310 e. The van der Waals surface area contributed by atoms with Gasteiger partial charge in [-0.2, -0.15) is 0 Å². The van der Waals surface area contributed by atoms with E-state index in [9.17, 15) is 4.79 Å². The molecule has 0 amide bonds. The summed E-state index contributed by atoms with van der Waals surface area (Å²) in [6.45, 7) is 2.58. The van der Waals surface area contributed by atoms with Gasteiger partial charge in [-0.3, -0.25) is 9.69 Å². The van der Waals surface area contributed by atoms with E-state index in [1.807, 2.05) is 0 Å². The van der Waals surface area contributed by atoms with Crippen LogP contribution in [0.15, 0.2) is 20.7 Å². The van der Waals surface area contributed by atoms with Crippen LogP contribution >= 0.6 is 27.3 Å². The summed E-state index contributed by atoms with van der Waals surface area (Å²) in [5.74, 6) is 1.42. The second-order valence-electron chi connectivity index (χ2n) is 5.82. The standard InChI is InChI=1S/C15H16BrN3OS/c16-13-4-3-10(21-13)7-19-6-5-12-11(8-19)15(20)18-14(17-12)9-1-2-9/h3-4,9H,1-2,5-8H2,(H,17,18,20). The predicted molar refractivity (Wildman–Crippen MR) is 86.7 cm³/mol. The van der Waals surface area contributed by atoms with Gasteiger partial charge in [0.2, 0.25) is 0 Å². The van der Waals surface area contributed by atoms with Crippen LogP contribution in [0.25, 0.3) is 0 Å². The molecule has 2 aliphatic rings. The second kappa shape index (κ2) is 5.34. The van der Waals surface area contributed by atoms with Crippen molar-refractivity contribution in [3.05, 3.63) is 48.2 Å². The van der Waals surface area contributed by atoms with Crippen LogP contribution in [0.4, 0.5) is 0 Å². The van der Waals surface area contributed by atoms with Crippen LogP contribution in [0.3, 0.4) is 0 Å². The van der Waals surface area contributed by atoms with Crippen LogP contribution in [0.1, 0.15) is 40.7 Å². The molecule has 21 heavy (non-hydrogen) atoms. The molecule has 0 saturated heterocycles. The van der Waals surface area contributed by atoms with Crippen molar-refractivity contribution in [3.8, 4) is 0 Å². The minimum absolute atomic E-state index is 0.0685. The third-order valence-corrected chi connectivity index (χ3v) is 5.75. The maximum atomic E-state index is 12.3. The molecule has 4 rings (SSSR count). The lowest BCUT2D eigenvalue weighted by atomic mass is 10.1. The van der Waals surface area contributed by atoms with E-state index in [1.165, 1.54) is 17.7 Å². The summed E-state index contributed by atoms with van der Waals surface area (Å²) in [5.41, 5.74) is 1.95. The predicted octanol–water partition coefficient (Wildman–Crippen LogP) is 3.03. The Morgan fingerprint density at radius 3 is 3.00 bits per heavy atom. The summed E-state index contributed by atoms with van der Waals surface area (Å²) in [6, 6.07) is 4.22. The van der Waals surface area contributed by atoms with Gasteiger partial charge in [0, 0.05) is 36.9 Å². The summed E-state index contributed by atoms with van der Waals surface area (Å²) >= 11 is 5.25. The normalized spacial score (nSPS) is 18.7. The molecule has 6 heteroatoms. The highest BCUT2D eigenvalue weighted by Gasteiger charge is 2.29. The lowest BCUT2D eigenvalue weighted by molar-refractivity contribution is 0.243. The van der Waals surface area contributed by atoms with Crippen LogP contribution < -0.4 is 5.56 Å². The third-order valence-electron chi connectivity index (χ3n) is 4.14. The highest BCUT2D eigenvalue weighted by atomic mass is 79.9. The van der Waals surface area contributed by atoms with Crippen molar-refractivity contribution in [2.24, 2.45) is 0 Å². The number of aromatic nitrogens is 2. The smallest absolute Gasteiger partial charge is 0.255 e. The molecule has 0 radical (unpaired) electrons. The Hall–Kier alpha value is -0.980. The topological polar surface area (TPSA) is 49.0 Å². The lowest BCUT2D eigenvalue weighted by Gasteiger charge is -2.27. The van der Waals surface area contributed by atoms with E-state index in [2.05, 4.69) is 37.9 Å². The molecular formula is C15H16BrN3OS. The zero-order valence-corrected chi connectivity index (χ0v) is 14.0. The van der Waals surface area contributed by atoms with Gasteiger partial charge in [0.1, 0.15) is 5.82 Å². The summed E-state index contributed by atoms with van der Waals surface area (Å²) in [4.78, 5) is 23.6. The minimum atomic E-state index is 0.0685. The highest BCUT2D eigenvalue weighted by Crippen LogP contribution is 2.37. The molecule has 1 saturated carbocycles. The number of nitrogens with zero attached hydrogens (tertiary/aromatic N) is 2. The molecule has 1 aliphatic carbocycles. The average Bonchev–Trinajstić information content (AvgIpc) is 3.24. The van der Waals surface area contributed by atoms with E-state index in [0.29, 0.717) is 12.5 Å². The average molecular weight is 366 g/mol. The number of rotatable bonds is 3. The van der Waals surface area contributed by atoms with Gasteiger partial charge < -0.3 is 4.98 Å². The van der Waals surface area contributed by atoms with Crippen molar-refractivity contribution in [1.29, 1.82) is 0 Å². The molecule has 0 spiro atoms. The van der Waals surface area contributed by atoms with E-state index in [4.69, 9.17) is 4.98 Å². The largest absolute Gasteiger partial charge is 0.310 e. The molecule has 110 valence electrons. The third kappa shape index (κ3) is 2.84. The van der Waals surface area contributed by atoms with E-state index < -0.39 is 0 Å². The number of halogens is 1. The maximum absolute atomic E-state index is 12.3. The lowest BCUT2D eigenvalue weighted by Crippen LogP contribution is -2.35. The van der Waals surface area contributed by atoms with Crippen LogP contribution in [0.2, 0.25) is 0 Å². The Morgan fingerprint density at radius 1 is 1.43 bits per heavy atom. The number of fused-ring (bicyclic) bond motifs is 1. The van der Waals surface area contributed by atoms with Gasteiger partial charge >= 0.3 is 0 Å². The van der Waals surface area contributed by atoms with E-state index in [0.717, 1.165) is 40.4 Å². The Bertz CT molecular complexity index is 735. The fraction of sp³-hybridized carbons (Fsp3) is 0.467. The summed E-state index contributed by atoms with van der Waals surface area (Å²) in [6.07, 6.45) is 3.22. The molecule has 1 N–H and O–H groups in total. The molecule has 0 unspecified atom stereocenters. The van der Waals surface area contributed by atoms with Gasteiger partial charge in [-0.05, 0) is 40.9 Å². The van der Waals surface area contributed by atoms with Crippen LogP contribution in [0, 0.1) is 0 Å². The fourth-order valence-corrected chi connectivity index (χ4v) is 4.37. The van der Waals surface area contributed by atoms with Crippen molar-refractivity contribution >= 4 is 27.3 Å². The molecule has 1 fully saturated rings. The van der Waals surface area contributed by atoms with Crippen molar-refractivity contribution in [1.82, 2.24) is 14.9 Å². The summed E-state index contributed by atoms with van der Waals surface area (Å²) in [5, 5.41) is 0. The van der Waals surface area contributed by atoms with Crippen LogP contribution in [-0.2, 0) is 19.5 Å². The Balaban J connectivity index is 1.55. The number of H-pyrrole nitrogens is 1. The van der Waals surface area contributed by atoms with Crippen LogP contribution in [-0.4, -0.2) is 21.4 Å².